The number of nitrogens with two attached hydrogens (primary N) is 8. The molecule has 31 nitrogen and oxygen atoms in total. The van der Waals surface area contributed by atoms with Crippen LogP contribution in [-0.2, 0) is 54.4 Å². The normalized spacial score (nSPS) is 15.7. The fraction of sp³-hybridized carbons (Fsp3) is 0.653. The summed E-state index contributed by atoms with van der Waals surface area (Å²) in [5.41, 5.74) is 44.9. The Bertz CT molecular complexity index is 2280. The number of aromatic amines is 1. The van der Waals surface area contributed by atoms with Crippen molar-refractivity contribution in [3.05, 3.63) is 30.0 Å². The lowest BCUT2D eigenvalue weighted by atomic mass is 10.1. The summed E-state index contributed by atoms with van der Waals surface area (Å²) in [6.45, 7) is 1.83. The van der Waals surface area contributed by atoms with Gasteiger partial charge in [0, 0.05) is 31.4 Å². The van der Waals surface area contributed by atoms with Crippen LogP contribution in [0.5, 0.6) is 0 Å². The quantitative estimate of drug-likeness (QED) is 0.0126. The van der Waals surface area contributed by atoms with Gasteiger partial charge in [-0.05, 0) is 130 Å². The molecule has 0 saturated carbocycles. The van der Waals surface area contributed by atoms with Crippen molar-refractivity contribution in [2.45, 2.75) is 152 Å². The third-order valence-electron chi connectivity index (χ3n) is 12.5. The summed E-state index contributed by atoms with van der Waals surface area (Å²) < 4.78 is 0. The summed E-state index contributed by atoms with van der Waals surface area (Å²) in [5, 5.41) is 27.6. The number of aromatic nitrogens is 2. The topological polar surface area (TPSA) is 540 Å². The Morgan fingerprint density at radius 1 is 0.738 bits per heavy atom. The van der Waals surface area contributed by atoms with Crippen LogP contribution in [0.25, 0.3) is 0 Å². The van der Waals surface area contributed by atoms with Crippen LogP contribution in [0, 0.1) is 0 Å². The third-order valence-corrected chi connectivity index (χ3v) is 12.5. The summed E-state index contributed by atoms with van der Waals surface area (Å²) in [6, 6.07) is -8.43. The molecule has 1 aromatic rings. The maximum atomic E-state index is 14.3. The summed E-state index contributed by atoms with van der Waals surface area (Å²) in [4.78, 5) is 151. The van der Waals surface area contributed by atoms with Gasteiger partial charge in [-0.2, -0.15) is 0 Å². The SMILES string of the molecule is C[C@H](NC(=O)[C@H](CCN)NC(=O)[C@@H](N)CCCCN)C(=O)NCC(=O)N=C(CCCN)C(=O)N1CCC[C@H]1C(=O)N[C@@H](Cc1cnc[nH]1)C(=O)N[C@@H](CCCCN)C(=O)N/C(=C\CCN=C(N)N)C(=O)N[C@@H](CCCCN)C(=O)O. The van der Waals surface area contributed by atoms with E-state index in [9.17, 15) is 53.1 Å². The predicted octanol–water partition coefficient (Wildman–Crippen LogP) is -5.98. The summed E-state index contributed by atoms with van der Waals surface area (Å²) in [7, 11) is 0. The van der Waals surface area contributed by atoms with Gasteiger partial charge >= 0.3 is 5.97 Å². The molecular formula is C49H86N20O11. The average Bonchev–Trinajstić information content (AvgIpc) is 4.15. The molecule has 1 aliphatic heterocycles. The molecule has 448 valence electrons. The van der Waals surface area contributed by atoms with E-state index in [2.05, 4.69) is 57.2 Å². The fourth-order valence-electron chi connectivity index (χ4n) is 8.10. The number of hydrogen-bond acceptors (Lipinski definition) is 18. The first-order valence-corrected chi connectivity index (χ1v) is 26.9. The number of hydrogen-bond donors (Lipinski definition) is 17. The number of aliphatic imine (C=N–C) groups is 2. The van der Waals surface area contributed by atoms with Gasteiger partial charge in [-0.25, -0.2) is 14.8 Å². The van der Waals surface area contributed by atoms with Crippen molar-refractivity contribution in [3.8, 4) is 0 Å². The molecule has 0 aromatic carbocycles. The minimum absolute atomic E-state index is 0.00256. The number of carboxylic acid groups (broad SMARTS) is 1. The van der Waals surface area contributed by atoms with Crippen LogP contribution < -0.4 is 83.1 Å². The minimum Gasteiger partial charge on any atom is -0.480 e. The zero-order chi connectivity index (χ0) is 59.6. The molecule has 0 unspecified atom stereocenters. The molecule has 0 aliphatic carbocycles. The second-order valence-corrected chi connectivity index (χ2v) is 19.0. The van der Waals surface area contributed by atoms with Gasteiger partial charge in [0.1, 0.15) is 47.7 Å². The number of guanidine groups is 1. The Balaban J connectivity index is 2.32. The van der Waals surface area contributed by atoms with Gasteiger partial charge in [-0.1, -0.05) is 12.5 Å². The standard InChI is InChI=1S/C49H86N20O11/c1-29(62-42(73)34(17-22-54)64-41(72)31(55)11-2-5-18-50)40(71)60-27-39(70)63-35(14-8-21-53)47(78)69-24-10-16-38(69)46(77)68-37(25-30-26-58-28-61-30)45(76)66-32(12-3-6-19-51)43(74)65-33(15-9-23-59-49(56)57)44(75)67-36(48(79)80)13-4-7-20-52/h15,26,28-29,31-32,34,36-38H,2-14,16-25,27,50-55H2,1H3,(H,58,61)(H,60,71)(H,62,73)(H,64,72)(H,65,74)(H,66,76)(H,67,75)(H,68,77)(H,79,80)(H4,56,57,59)/b33-15-,63-35?/t29-,31-,32-,34-,36-,37-,38-/m0/s1. The van der Waals surface area contributed by atoms with Crippen LogP contribution in [-0.4, -0.2) is 185 Å². The number of aliphatic carboxylic acids is 1. The summed E-state index contributed by atoms with van der Waals surface area (Å²) in [6.07, 6.45) is 7.92. The Hall–Kier alpha value is -7.45. The van der Waals surface area contributed by atoms with E-state index >= 15 is 0 Å². The number of nitrogens with zero attached hydrogens (tertiary/aromatic N) is 4. The number of carbonyl (C=O) groups excluding carboxylic acids is 9. The number of unbranched alkanes of at least 4 members (excludes halogenated alkanes) is 3. The Labute approximate surface area is 464 Å². The van der Waals surface area contributed by atoms with E-state index in [1.165, 1.54) is 30.4 Å². The highest BCUT2D eigenvalue weighted by Crippen LogP contribution is 2.20. The molecule has 25 N–H and O–H groups in total. The van der Waals surface area contributed by atoms with Crippen molar-refractivity contribution >= 4 is 70.8 Å². The van der Waals surface area contributed by atoms with E-state index < -0.39 is 108 Å². The molecule has 1 aromatic heterocycles. The second kappa shape index (κ2) is 38.2. The molecule has 2 rings (SSSR count). The predicted molar refractivity (Wildman–Crippen MR) is 296 cm³/mol. The van der Waals surface area contributed by atoms with Gasteiger partial charge in [0.05, 0.1) is 18.9 Å². The molecule has 9 amide bonds. The van der Waals surface area contributed by atoms with Crippen LogP contribution in [0.4, 0.5) is 0 Å². The average molecular weight is 1130 g/mol. The van der Waals surface area contributed by atoms with Crippen molar-refractivity contribution in [2.75, 3.05) is 52.4 Å². The molecule has 80 heavy (non-hydrogen) atoms. The zero-order valence-corrected chi connectivity index (χ0v) is 45.7. The molecular weight excluding hydrogens is 1040 g/mol. The summed E-state index contributed by atoms with van der Waals surface area (Å²) >= 11 is 0. The van der Waals surface area contributed by atoms with Crippen molar-refractivity contribution in [1.82, 2.24) is 52.1 Å². The molecule has 1 fully saturated rings. The number of amides is 9. The number of carboxylic acids is 1. The highest BCUT2D eigenvalue weighted by Gasteiger charge is 2.38. The van der Waals surface area contributed by atoms with Crippen LogP contribution >= 0.6 is 0 Å². The van der Waals surface area contributed by atoms with Gasteiger partial charge < -0.3 is 98.1 Å². The van der Waals surface area contributed by atoms with Crippen LogP contribution in [0.3, 0.4) is 0 Å². The van der Waals surface area contributed by atoms with Gasteiger partial charge in [-0.3, -0.25) is 48.1 Å². The Morgan fingerprint density at radius 2 is 1.35 bits per heavy atom. The largest absolute Gasteiger partial charge is 0.480 e. The number of likely N-dealkylation sites (tertiary alicyclic amines) is 1. The first kappa shape index (κ1) is 68.7. The molecule has 0 bridgehead atoms. The van der Waals surface area contributed by atoms with Crippen LogP contribution in [0.15, 0.2) is 34.3 Å². The van der Waals surface area contributed by atoms with E-state index in [1.807, 2.05) is 0 Å². The maximum absolute atomic E-state index is 14.3. The third kappa shape index (κ3) is 25.6. The lowest BCUT2D eigenvalue weighted by Gasteiger charge is -2.28. The smallest absolute Gasteiger partial charge is 0.326 e. The Morgan fingerprint density at radius 3 is 1.95 bits per heavy atom. The van der Waals surface area contributed by atoms with E-state index in [4.69, 9.17) is 45.9 Å². The van der Waals surface area contributed by atoms with Gasteiger partial charge in [-0.15, -0.1) is 0 Å². The molecule has 7 atom stereocenters. The first-order valence-electron chi connectivity index (χ1n) is 26.9. The monoisotopic (exact) mass is 1130 g/mol. The van der Waals surface area contributed by atoms with Crippen LogP contribution in [0.1, 0.15) is 109 Å². The van der Waals surface area contributed by atoms with Gasteiger partial charge in [0.25, 0.3) is 17.7 Å². The van der Waals surface area contributed by atoms with Crippen molar-refractivity contribution in [3.63, 3.8) is 0 Å². The summed E-state index contributed by atoms with van der Waals surface area (Å²) in [5.74, 6) is -8.74. The molecule has 1 aliphatic rings. The van der Waals surface area contributed by atoms with Crippen molar-refractivity contribution in [2.24, 2.45) is 55.9 Å². The number of rotatable bonds is 39. The number of nitrogens with one attached hydrogen (secondary N) is 8. The highest BCUT2D eigenvalue weighted by molar-refractivity contribution is 6.40. The van der Waals surface area contributed by atoms with E-state index in [1.54, 1.807) is 0 Å². The number of carbonyl (C=O) groups is 10. The second-order valence-electron chi connectivity index (χ2n) is 19.0. The van der Waals surface area contributed by atoms with Crippen molar-refractivity contribution < 1.29 is 53.1 Å². The van der Waals surface area contributed by atoms with Crippen molar-refractivity contribution in [1.29, 1.82) is 0 Å². The minimum atomic E-state index is -1.39. The van der Waals surface area contributed by atoms with E-state index in [0.717, 1.165) is 0 Å². The molecule has 0 radical (unpaired) electrons. The van der Waals surface area contributed by atoms with Gasteiger partial charge in [0.15, 0.2) is 5.96 Å². The first-order chi connectivity index (χ1) is 38.2. The van der Waals surface area contributed by atoms with Gasteiger partial charge in [0.2, 0.25) is 35.4 Å². The highest BCUT2D eigenvalue weighted by atomic mass is 16.4. The van der Waals surface area contributed by atoms with E-state index in [-0.39, 0.29) is 101 Å². The lowest BCUT2D eigenvalue weighted by molar-refractivity contribution is -0.141. The fourth-order valence-corrected chi connectivity index (χ4v) is 8.10. The lowest BCUT2D eigenvalue weighted by Crippen LogP contribution is -2.57. The number of imidazole rings is 1. The van der Waals surface area contributed by atoms with E-state index in [0.29, 0.717) is 70.2 Å². The zero-order valence-electron chi connectivity index (χ0n) is 45.7. The number of H-pyrrole nitrogens is 1. The maximum Gasteiger partial charge on any atom is 0.326 e. The van der Waals surface area contributed by atoms with Crippen LogP contribution in [0.2, 0.25) is 0 Å². The molecule has 1 saturated heterocycles. The molecule has 2 heterocycles. The molecule has 0 spiro atoms. The Kier molecular flexibility index (Phi) is 32.8. The molecule has 31 heteroatoms.